The van der Waals surface area contributed by atoms with Crippen LogP contribution in [0, 0.1) is 11.3 Å². The number of rotatable bonds is 1. The van der Waals surface area contributed by atoms with E-state index in [-0.39, 0.29) is 12.0 Å². The Bertz CT molecular complexity index is 390. The lowest BCUT2D eigenvalue weighted by Crippen LogP contribution is -2.11. The molecule has 72 valence electrons. The topological polar surface area (TPSA) is 44.0 Å². The van der Waals surface area contributed by atoms with Crippen LogP contribution < -0.4 is 0 Å². The highest BCUT2D eigenvalue weighted by atomic mass is 16.3. The molecule has 1 aromatic rings. The number of aliphatic hydroxyl groups excluding tert-OH is 1. The number of aryl methyl sites for hydroxylation is 1. The van der Waals surface area contributed by atoms with Gasteiger partial charge in [0, 0.05) is 5.92 Å². The first kappa shape index (κ1) is 9.23. The van der Waals surface area contributed by atoms with E-state index in [2.05, 4.69) is 6.07 Å². The lowest BCUT2D eigenvalue weighted by Gasteiger charge is -2.14. The summed E-state index contributed by atoms with van der Waals surface area (Å²) in [5, 5.41) is 18.4. The van der Waals surface area contributed by atoms with Gasteiger partial charge in [-0.25, -0.2) is 0 Å². The molecule has 2 unspecified atom stereocenters. The van der Waals surface area contributed by atoms with Gasteiger partial charge in [0.05, 0.1) is 17.7 Å². The third kappa shape index (κ3) is 1.40. The zero-order chi connectivity index (χ0) is 10.1. The second-order valence-corrected chi connectivity index (χ2v) is 3.91. The van der Waals surface area contributed by atoms with Crippen molar-refractivity contribution in [2.45, 2.75) is 31.8 Å². The van der Waals surface area contributed by atoms with Gasteiger partial charge in [0.15, 0.2) is 0 Å². The number of hydrogen-bond donors (Lipinski definition) is 1. The van der Waals surface area contributed by atoms with Crippen LogP contribution in [0.1, 0.15) is 36.0 Å². The van der Waals surface area contributed by atoms with Crippen LogP contribution in [0.3, 0.4) is 0 Å². The zero-order valence-electron chi connectivity index (χ0n) is 8.20. The Balaban J connectivity index is 2.43. The standard InChI is InChI=1S/C12H13NO/c1-8(14)11-5-4-10-3-2-9(7-13)6-12(10)11/h2-3,6,8,11,14H,4-5H2,1H3. The van der Waals surface area contributed by atoms with Gasteiger partial charge in [-0.15, -0.1) is 0 Å². The molecule has 1 N–H and O–H groups in total. The number of fused-ring (bicyclic) bond motifs is 1. The minimum absolute atomic E-state index is 0.221. The predicted octanol–water partition coefficient (Wildman–Crippen LogP) is 1.97. The summed E-state index contributed by atoms with van der Waals surface area (Å²) in [4.78, 5) is 0. The van der Waals surface area contributed by atoms with Crippen molar-refractivity contribution in [1.29, 1.82) is 5.26 Å². The lowest BCUT2D eigenvalue weighted by molar-refractivity contribution is 0.162. The average Bonchev–Trinajstić information content (AvgIpc) is 2.59. The third-order valence-electron chi connectivity index (χ3n) is 2.98. The summed E-state index contributed by atoms with van der Waals surface area (Å²) >= 11 is 0. The van der Waals surface area contributed by atoms with Crippen molar-refractivity contribution in [3.05, 3.63) is 34.9 Å². The Hall–Kier alpha value is -1.33. The summed E-state index contributed by atoms with van der Waals surface area (Å²) < 4.78 is 0. The van der Waals surface area contributed by atoms with Crippen LogP contribution in [-0.4, -0.2) is 11.2 Å². The second-order valence-electron chi connectivity index (χ2n) is 3.91. The molecule has 1 aliphatic rings. The molecule has 0 saturated carbocycles. The number of nitrogens with zero attached hydrogens (tertiary/aromatic N) is 1. The van der Waals surface area contributed by atoms with Gasteiger partial charge in [-0.1, -0.05) is 6.07 Å². The van der Waals surface area contributed by atoms with Crippen molar-refractivity contribution in [3.63, 3.8) is 0 Å². The van der Waals surface area contributed by atoms with E-state index in [0.717, 1.165) is 12.8 Å². The molecule has 0 fully saturated rings. The van der Waals surface area contributed by atoms with Gasteiger partial charge in [0.25, 0.3) is 0 Å². The Morgan fingerprint density at radius 3 is 3.00 bits per heavy atom. The maximum atomic E-state index is 9.58. The molecule has 2 rings (SSSR count). The van der Waals surface area contributed by atoms with Gasteiger partial charge >= 0.3 is 0 Å². The first-order chi connectivity index (χ1) is 6.72. The van der Waals surface area contributed by atoms with Gasteiger partial charge in [-0.05, 0) is 43.0 Å². The lowest BCUT2D eigenvalue weighted by atomic mass is 9.95. The summed E-state index contributed by atoms with van der Waals surface area (Å²) in [5.41, 5.74) is 3.14. The molecule has 0 aromatic heterocycles. The van der Waals surface area contributed by atoms with E-state index in [1.807, 2.05) is 25.1 Å². The first-order valence-electron chi connectivity index (χ1n) is 4.93. The van der Waals surface area contributed by atoms with E-state index in [1.165, 1.54) is 11.1 Å². The molecular weight excluding hydrogens is 174 g/mol. The molecule has 1 aromatic carbocycles. The van der Waals surface area contributed by atoms with E-state index in [9.17, 15) is 5.11 Å². The van der Waals surface area contributed by atoms with E-state index >= 15 is 0 Å². The van der Waals surface area contributed by atoms with E-state index < -0.39 is 0 Å². The molecule has 0 heterocycles. The first-order valence-corrected chi connectivity index (χ1v) is 4.93. The molecule has 0 spiro atoms. The van der Waals surface area contributed by atoms with Gasteiger partial charge in [0.1, 0.15) is 0 Å². The summed E-state index contributed by atoms with van der Waals surface area (Å²) in [6, 6.07) is 7.91. The van der Waals surface area contributed by atoms with E-state index in [1.54, 1.807) is 0 Å². The van der Waals surface area contributed by atoms with Crippen molar-refractivity contribution >= 4 is 0 Å². The van der Waals surface area contributed by atoms with Crippen molar-refractivity contribution in [2.24, 2.45) is 0 Å². The fraction of sp³-hybridized carbons (Fsp3) is 0.417. The molecule has 2 nitrogen and oxygen atoms in total. The Labute approximate surface area is 83.8 Å². The van der Waals surface area contributed by atoms with Crippen LogP contribution in [0.4, 0.5) is 0 Å². The molecule has 0 bridgehead atoms. The highest BCUT2D eigenvalue weighted by Crippen LogP contribution is 2.35. The van der Waals surface area contributed by atoms with Gasteiger partial charge < -0.3 is 5.11 Å². The number of hydrogen-bond acceptors (Lipinski definition) is 2. The van der Waals surface area contributed by atoms with Crippen molar-refractivity contribution in [3.8, 4) is 6.07 Å². The smallest absolute Gasteiger partial charge is 0.0991 e. The molecule has 2 heteroatoms. The summed E-state index contributed by atoms with van der Waals surface area (Å²) in [5.74, 6) is 0.221. The molecule has 0 amide bonds. The van der Waals surface area contributed by atoms with Crippen LogP contribution in [0.25, 0.3) is 0 Å². The van der Waals surface area contributed by atoms with Crippen LogP contribution in [0.5, 0.6) is 0 Å². The van der Waals surface area contributed by atoms with Gasteiger partial charge in [0.2, 0.25) is 0 Å². The van der Waals surface area contributed by atoms with Crippen LogP contribution >= 0.6 is 0 Å². The Morgan fingerprint density at radius 1 is 1.57 bits per heavy atom. The van der Waals surface area contributed by atoms with E-state index in [4.69, 9.17) is 5.26 Å². The highest BCUT2D eigenvalue weighted by molar-refractivity contribution is 5.43. The van der Waals surface area contributed by atoms with E-state index in [0.29, 0.717) is 5.56 Å². The maximum Gasteiger partial charge on any atom is 0.0991 e. The monoisotopic (exact) mass is 187 g/mol. The molecule has 0 aliphatic heterocycles. The Kier molecular flexibility index (Phi) is 2.26. The van der Waals surface area contributed by atoms with Gasteiger partial charge in [-0.2, -0.15) is 5.26 Å². The predicted molar refractivity (Wildman–Crippen MR) is 53.9 cm³/mol. The van der Waals surface area contributed by atoms with Crippen LogP contribution in [0.15, 0.2) is 18.2 Å². The molecule has 0 radical (unpaired) electrons. The zero-order valence-corrected chi connectivity index (χ0v) is 8.20. The SMILES string of the molecule is CC(O)C1CCc2ccc(C#N)cc21. The summed E-state index contributed by atoms with van der Waals surface area (Å²) in [7, 11) is 0. The van der Waals surface area contributed by atoms with Crippen LogP contribution in [-0.2, 0) is 6.42 Å². The minimum atomic E-state index is -0.315. The number of aliphatic hydroxyl groups is 1. The molecule has 14 heavy (non-hydrogen) atoms. The minimum Gasteiger partial charge on any atom is -0.393 e. The summed E-state index contributed by atoms with van der Waals surface area (Å²) in [6.45, 7) is 1.82. The average molecular weight is 187 g/mol. The highest BCUT2D eigenvalue weighted by Gasteiger charge is 2.26. The maximum absolute atomic E-state index is 9.58. The summed E-state index contributed by atoms with van der Waals surface area (Å²) in [6.07, 6.45) is 1.71. The van der Waals surface area contributed by atoms with Crippen molar-refractivity contribution < 1.29 is 5.11 Å². The van der Waals surface area contributed by atoms with Crippen molar-refractivity contribution in [1.82, 2.24) is 0 Å². The third-order valence-corrected chi connectivity index (χ3v) is 2.98. The Morgan fingerprint density at radius 2 is 2.36 bits per heavy atom. The molecular formula is C12H13NO. The molecule has 1 aliphatic carbocycles. The fourth-order valence-electron chi connectivity index (χ4n) is 2.20. The van der Waals surface area contributed by atoms with Crippen LogP contribution in [0.2, 0.25) is 0 Å². The largest absolute Gasteiger partial charge is 0.393 e. The van der Waals surface area contributed by atoms with Gasteiger partial charge in [-0.3, -0.25) is 0 Å². The molecule has 2 atom stereocenters. The molecule has 0 saturated heterocycles. The fourth-order valence-corrected chi connectivity index (χ4v) is 2.20. The normalized spacial score (nSPS) is 21.4. The second kappa shape index (κ2) is 3.43. The number of benzene rings is 1. The number of nitriles is 1. The van der Waals surface area contributed by atoms with Crippen molar-refractivity contribution in [2.75, 3.05) is 0 Å². The quantitative estimate of drug-likeness (QED) is 0.730.